The van der Waals surface area contributed by atoms with Crippen LogP contribution in [0.2, 0.25) is 0 Å². The summed E-state index contributed by atoms with van der Waals surface area (Å²) in [6.45, 7) is 6.32. The topological polar surface area (TPSA) is 26.3 Å². The van der Waals surface area contributed by atoms with Crippen LogP contribution < -0.4 is 4.74 Å². The molecular formula is C15H20O2. The molecule has 0 saturated carbocycles. The van der Waals surface area contributed by atoms with Gasteiger partial charge in [-0.3, -0.25) is 4.79 Å². The van der Waals surface area contributed by atoms with Gasteiger partial charge in [0.15, 0.2) is 6.29 Å². The Bertz CT molecular complexity index is 369. The van der Waals surface area contributed by atoms with Crippen LogP contribution in [0.15, 0.2) is 30.9 Å². The Balaban J connectivity index is 2.36. The molecule has 1 aromatic carbocycles. The quantitative estimate of drug-likeness (QED) is 0.385. The summed E-state index contributed by atoms with van der Waals surface area (Å²) in [6, 6.07) is 5.67. The third kappa shape index (κ3) is 4.85. The number of aldehydes is 1. The highest BCUT2D eigenvalue weighted by molar-refractivity contribution is 5.79. The maximum atomic E-state index is 10.9. The molecule has 0 aliphatic carbocycles. The minimum Gasteiger partial charge on any atom is -0.493 e. The van der Waals surface area contributed by atoms with E-state index < -0.39 is 0 Å². The van der Waals surface area contributed by atoms with Crippen LogP contribution in [0.1, 0.15) is 41.6 Å². The number of ether oxygens (including phenoxy) is 1. The van der Waals surface area contributed by atoms with Gasteiger partial charge in [-0.15, -0.1) is 6.58 Å². The lowest BCUT2D eigenvalue weighted by atomic mass is 10.1. The number of unbranched alkanes of at least 4 members (excludes halogenated alkanes) is 3. The molecule has 0 heterocycles. The third-order valence-corrected chi connectivity index (χ3v) is 2.60. The van der Waals surface area contributed by atoms with Gasteiger partial charge in [-0.1, -0.05) is 17.7 Å². The summed E-state index contributed by atoms with van der Waals surface area (Å²) in [5, 5.41) is 0. The summed E-state index contributed by atoms with van der Waals surface area (Å²) >= 11 is 0. The lowest BCUT2D eigenvalue weighted by Gasteiger charge is -2.08. The number of rotatable bonds is 8. The molecule has 1 aromatic rings. The van der Waals surface area contributed by atoms with E-state index in [1.807, 2.05) is 31.2 Å². The molecule has 17 heavy (non-hydrogen) atoms. The predicted octanol–water partition coefficient (Wildman–Crippen LogP) is 3.93. The van der Waals surface area contributed by atoms with Crippen molar-refractivity contribution in [2.24, 2.45) is 0 Å². The van der Waals surface area contributed by atoms with Gasteiger partial charge in [0.2, 0.25) is 0 Å². The molecule has 0 aliphatic rings. The molecule has 0 radical (unpaired) electrons. The third-order valence-electron chi connectivity index (χ3n) is 2.60. The lowest BCUT2D eigenvalue weighted by Crippen LogP contribution is -2.00. The zero-order valence-electron chi connectivity index (χ0n) is 10.4. The standard InChI is InChI=1S/C15H20O2/c1-3-4-5-6-7-10-17-15-9-8-13(2)11-14(15)12-16/h3,8-9,11-12H,1,4-7,10H2,2H3. The van der Waals surface area contributed by atoms with Crippen molar-refractivity contribution in [3.8, 4) is 5.75 Å². The van der Waals surface area contributed by atoms with E-state index in [-0.39, 0.29) is 0 Å². The average Bonchev–Trinajstić information content (AvgIpc) is 2.35. The van der Waals surface area contributed by atoms with Crippen molar-refractivity contribution >= 4 is 6.29 Å². The van der Waals surface area contributed by atoms with Crippen molar-refractivity contribution < 1.29 is 9.53 Å². The van der Waals surface area contributed by atoms with Gasteiger partial charge >= 0.3 is 0 Å². The highest BCUT2D eigenvalue weighted by Gasteiger charge is 2.02. The molecule has 0 spiro atoms. The molecule has 0 fully saturated rings. The fourth-order valence-electron chi connectivity index (χ4n) is 1.64. The lowest BCUT2D eigenvalue weighted by molar-refractivity contribution is 0.111. The second kappa shape index (κ2) is 7.66. The Morgan fingerprint density at radius 3 is 2.82 bits per heavy atom. The highest BCUT2D eigenvalue weighted by atomic mass is 16.5. The van der Waals surface area contributed by atoms with Crippen LogP contribution in [0.25, 0.3) is 0 Å². The van der Waals surface area contributed by atoms with Crippen LogP contribution in [0.4, 0.5) is 0 Å². The minimum atomic E-state index is 0.635. The van der Waals surface area contributed by atoms with Crippen LogP contribution in [-0.2, 0) is 0 Å². The number of allylic oxidation sites excluding steroid dienone is 1. The Labute approximate surface area is 103 Å². The molecule has 0 bridgehead atoms. The zero-order valence-corrected chi connectivity index (χ0v) is 10.4. The van der Waals surface area contributed by atoms with Gasteiger partial charge in [-0.05, 0) is 44.7 Å². The molecular weight excluding hydrogens is 212 g/mol. The van der Waals surface area contributed by atoms with E-state index in [0.29, 0.717) is 17.9 Å². The zero-order chi connectivity index (χ0) is 12.5. The van der Waals surface area contributed by atoms with E-state index in [9.17, 15) is 4.79 Å². The number of carbonyl (C=O) groups is 1. The van der Waals surface area contributed by atoms with E-state index in [1.165, 1.54) is 0 Å². The molecule has 2 nitrogen and oxygen atoms in total. The van der Waals surface area contributed by atoms with Crippen molar-refractivity contribution in [3.05, 3.63) is 42.0 Å². The number of hydrogen-bond donors (Lipinski definition) is 0. The monoisotopic (exact) mass is 232 g/mol. The van der Waals surface area contributed by atoms with Gasteiger partial charge in [0, 0.05) is 0 Å². The Kier molecular flexibility index (Phi) is 6.08. The van der Waals surface area contributed by atoms with E-state index >= 15 is 0 Å². The Morgan fingerprint density at radius 2 is 2.12 bits per heavy atom. The van der Waals surface area contributed by atoms with Crippen LogP contribution in [0, 0.1) is 6.92 Å². The smallest absolute Gasteiger partial charge is 0.153 e. The van der Waals surface area contributed by atoms with E-state index in [4.69, 9.17) is 4.74 Å². The first-order chi connectivity index (χ1) is 8.27. The van der Waals surface area contributed by atoms with Crippen LogP contribution in [0.5, 0.6) is 5.75 Å². The Hall–Kier alpha value is -1.57. The van der Waals surface area contributed by atoms with Crippen molar-refractivity contribution in [1.29, 1.82) is 0 Å². The summed E-state index contributed by atoms with van der Waals surface area (Å²) in [5.74, 6) is 0.689. The molecule has 2 heteroatoms. The SMILES string of the molecule is C=CCCCCCOc1ccc(C)cc1C=O. The predicted molar refractivity (Wildman–Crippen MR) is 70.7 cm³/mol. The number of carbonyl (C=O) groups excluding carboxylic acids is 1. The summed E-state index contributed by atoms with van der Waals surface area (Å²) < 4.78 is 5.61. The Morgan fingerprint density at radius 1 is 1.29 bits per heavy atom. The minimum absolute atomic E-state index is 0.635. The summed E-state index contributed by atoms with van der Waals surface area (Å²) in [5.41, 5.74) is 1.71. The maximum Gasteiger partial charge on any atom is 0.153 e. The summed E-state index contributed by atoms with van der Waals surface area (Å²) in [6.07, 6.45) is 7.14. The number of aryl methyl sites for hydroxylation is 1. The first-order valence-corrected chi connectivity index (χ1v) is 6.07. The van der Waals surface area contributed by atoms with Gasteiger partial charge in [0.05, 0.1) is 12.2 Å². The molecule has 0 saturated heterocycles. The van der Waals surface area contributed by atoms with Crippen molar-refractivity contribution in [1.82, 2.24) is 0 Å². The molecule has 1 rings (SSSR count). The molecule has 0 amide bonds. The van der Waals surface area contributed by atoms with Gasteiger partial charge in [-0.25, -0.2) is 0 Å². The molecule has 0 unspecified atom stereocenters. The van der Waals surface area contributed by atoms with E-state index in [1.54, 1.807) is 0 Å². The largest absolute Gasteiger partial charge is 0.493 e. The second-order valence-corrected chi connectivity index (χ2v) is 4.15. The number of benzene rings is 1. The second-order valence-electron chi connectivity index (χ2n) is 4.15. The molecule has 0 N–H and O–H groups in total. The molecule has 0 aliphatic heterocycles. The van der Waals surface area contributed by atoms with Gasteiger partial charge in [-0.2, -0.15) is 0 Å². The fourth-order valence-corrected chi connectivity index (χ4v) is 1.64. The normalized spacial score (nSPS) is 9.94. The van der Waals surface area contributed by atoms with Gasteiger partial charge in [0.25, 0.3) is 0 Å². The summed E-state index contributed by atoms with van der Waals surface area (Å²) in [7, 11) is 0. The van der Waals surface area contributed by atoms with Gasteiger partial charge in [0.1, 0.15) is 5.75 Å². The van der Waals surface area contributed by atoms with Crippen LogP contribution in [0.3, 0.4) is 0 Å². The maximum absolute atomic E-state index is 10.9. The molecule has 92 valence electrons. The molecule has 0 aromatic heterocycles. The molecule has 0 atom stereocenters. The van der Waals surface area contributed by atoms with Crippen molar-refractivity contribution in [3.63, 3.8) is 0 Å². The first kappa shape index (κ1) is 13.5. The first-order valence-electron chi connectivity index (χ1n) is 6.07. The van der Waals surface area contributed by atoms with Crippen molar-refractivity contribution in [2.75, 3.05) is 6.61 Å². The summed E-state index contributed by atoms with van der Waals surface area (Å²) in [4.78, 5) is 10.9. The number of hydrogen-bond acceptors (Lipinski definition) is 2. The van der Waals surface area contributed by atoms with Gasteiger partial charge < -0.3 is 4.74 Å². The average molecular weight is 232 g/mol. The van der Waals surface area contributed by atoms with Crippen LogP contribution in [-0.4, -0.2) is 12.9 Å². The van der Waals surface area contributed by atoms with Crippen molar-refractivity contribution in [2.45, 2.75) is 32.6 Å². The van der Waals surface area contributed by atoms with E-state index in [0.717, 1.165) is 37.5 Å². The van der Waals surface area contributed by atoms with Crippen LogP contribution >= 0.6 is 0 Å². The van der Waals surface area contributed by atoms with E-state index in [2.05, 4.69) is 6.58 Å². The highest BCUT2D eigenvalue weighted by Crippen LogP contribution is 2.18. The fraction of sp³-hybridized carbons (Fsp3) is 0.400.